The molecule has 0 saturated heterocycles. The van der Waals surface area contributed by atoms with Gasteiger partial charge >= 0.3 is 0 Å². The summed E-state index contributed by atoms with van der Waals surface area (Å²) >= 11 is 0. The van der Waals surface area contributed by atoms with E-state index in [1.807, 2.05) is 0 Å². The van der Waals surface area contributed by atoms with Gasteiger partial charge in [-0.3, -0.25) is 4.90 Å². The van der Waals surface area contributed by atoms with Crippen molar-refractivity contribution >= 4 is 11.0 Å². The highest BCUT2D eigenvalue weighted by atomic mass is 19.1. The van der Waals surface area contributed by atoms with Crippen molar-refractivity contribution in [3.05, 3.63) is 29.8 Å². The van der Waals surface area contributed by atoms with Crippen LogP contribution in [0, 0.1) is 11.7 Å². The molecule has 2 atom stereocenters. The number of nitrogens with zero attached hydrogens (tertiary/aromatic N) is 3. The van der Waals surface area contributed by atoms with E-state index in [0.717, 1.165) is 43.7 Å². The Labute approximate surface area is 130 Å². The van der Waals surface area contributed by atoms with Crippen LogP contribution in [0.5, 0.6) is 0 Å². The third kappa shape index (κ3) is 3.01. The topological polar surface area (TPSA) is 41.3 Å². The smallest absolute Gasteiger partial charge is 0.125 e. The molecule has 22 heavy (non-hydrogen) atoms. The molecule has 4 nitrogen and oxygen atoms in total. The zero-order valence-electron chi connectivity index (χ0n) is 13.3. The fourth-order valence-corrected chi connectivity index (χ4v) is 3.56. The molecule has 1 aliphatic carbocycles. The number of aliphatic hydroxyl groups is 1. The van der Waals surface area contributed by atoms with Crippen LogP contribution in [0.1, 0.15) is 32.0 Å². The molecule has 1 heterocycles. The van der Waals surface area contributed by atoms with Crippen LogP contribution in [0.15, 0.2) is 18.2 Å². The van der Waals surface area contributed by atoms with E-state index in [9.17, 15) is 9.50 Å². The maximum atomic E-state index is 13.4. The van der Waals surface area contributed by atoms with Gasteiger partial charge in [0.25, 0.3) is 0 Å². The van der Waals surface area contributed by atoms with Gasteiger partial charge in [0.1, 0.15) is 11.6 Å². The monoisotopic (exact) mass is 305 g/mol. The lowest BCUT2D eigenvalue weighted by Gasteiger charge is -2.23. The molecular formula is C17H24FN3O. The second-order valence-corrected chi connectivity index (χ2v) is 6.36. The molecule has 5 heteroatoms. The number of rotatable bonds is 5. The van der Waals surface area contributed by atoms with Gasteiger partial charge in [0, 0.05) is 19.2 Å². The van der Waals surface area contributed by atoms with E-state index in [0.29, 0.717) is 18.0 Å². The molecular weight excluding hydrogens is 281 g/mol. The van der Waals surface area contributed by atoms with Crippen LogP contribution < -0.4 is 0 Å². The Bertz CT molecular complexity index is 655. The summed E-state index contributed by atoms with van der Waals surface area (Å²) in [6, 6.07) is 4.77. The Hall–Kier alpha value is -1.46. The fraction of sp³-hybridized carbons (Fsp3) is 0.588. The van der Waals surface area contributed by atoms with Gasteiger partial charge in [-0.25, -0.2) is 9.37 Å². The van der Waals surface area contributed by atoms with Crippen molar-refractivity contribution in [1.82, 2.24) is 14.5 Å². The lowest BCUT2D eigenvalue weighted by atomic mass is 10.1. The Kier molecular flexibility index (Phi) is 4.45. The number of hydrogen-bond acceptors (Lipinski definition) is 3. The summed E-state index contributed by atoms with van der Waals surface area (Å²) in [6.45, 7) is 4.49. The van der Waals surface area contributed by atoms with E-state index in [2.05, 4.69) is 28.4 Å². The van der Waals surface area contributed by atoms with E-state index in [1.54, 1.807) is 6.07 Å². The standard InChI is InChI=1S/C17H24FN3O/c1-3-21-15-8-7-13(18)9-14(15)19-17(21)11-20(2)10-12-5-4-6-16(12)22/h7-9,12,16,22H,3-6,10-11H2,1-2H3. The Morgan fingerprint density at radius 3 is 2.91 bits per heavy atom. The molecule has 0 spiro atoms. The van der Waals surface area contributed by atoms with Gasteiger partial charge in [0.05, 0.1) is 23.7 Å². The number of halogens is 1. The normalized spacial score (nSPS) is 22.0. The molecule has 0 amide bonds. The minimum atomic E-state index is -0.248. The molecule has 0 aliphatic heterocycles. The van der Waals surface area contributed by atoms with Crippen molar-refractivity contribution in [3.63, 3.8) is 0 Å². The number of aliphatic hydroxyl groups excluding tert-OH is 1. The van der Waals surface area contributed by atoms with Crippen LogP contribution in [0.4, 0.5) is 4.39 Å². The van der Waals surface area contributed by atoms with Gasteiger partial charge in [-0.05, 0) is 44.9 Å². The maximum Gasteiger partial charge on any atom is 0.125 e. The largest absolute Gasteiger partial charge is 0.393 e. The Morgan fingerprint density at radius 1 is 1.41 bits per heavy atom. The highest BCUT2D eigenvalue weighted by Gasteiger charge is 2.26. The molecule has 1 aromatic carbocycles. The molecule has 120 valence electrons. The summed E-state index contributed by atoms with van der Waals surface area (Å²) in [5.41, 5.74) is 1.69. The second kappa shape index (κ2) is 6.34. The first-order chi connectivity index (χ1) is 10.6. The summed E-state index contributed by atoms with van der Waals surface area (Å²) in [6.07, 6.45) is 2.97. The average Bonchev–Trinajstić information content (AvgIpc) is 3.01. The lowest BCUT2D eigenvalue weighted by molar-refractivity contribution is 0.107. The molecule has 3 rings (SSSR count). The highest BCUT2D eigenvalue weighted by molar-refractivity contribution is 5.76. The van der Waals surface area contributed by atoms with Crippen molar-refractivity contribution in [2.45, 2.75) is 45.4 Å². The van der Waals surface area contributed by atoms with Gasteiger partial charge in [0.15, 0.2) is 0 Å². The SMILES string of the molecule is CCn1c(CN(C)CC2CCCC2O)nc2cc(F)ccc21. The molecule has 1 fully saturated rings. The molecule has 1 saturated carbocycles. The molecule has 2 unspecified atom stereocenters. The number of imidazole rings is 1. The first kappa shape index (κ1) is 15.4. The zero-order valence-corrected chi connectivity index (χ0v) is 13.3. The van der Waals surface area contributed by atoms with E-state index < -0.39 is 0 Å². The average molecular weight is 305 g/mol. The number of benzene rings is 1. The number of aryl methyl sites for hydroxylation is 1. The summed E-state index contributed by atoms with van der Waals surface area (Å²) in [5, 5.41) is 9.96. The van der Waals surface area contributed by atoms with E-state index in [-0.39, 0.29) is 11.9 Å². The fourth-order valence-electron chi connectivity index (χ4n) is 3.56. The van der Waals surface area contributed by atoms with Crippen molar-refractivity contribution in [1.29, 1.82) is 0 Å². The van der Waals surface area contributed by atoms with Gasteiger partial charge in [-0.2, -0.15) is 0 Å². The zero-order chi connectivity index (χ0) is 15.7. The predicted octanol–water partition coefficient (Wildman–Crippen LogP) is 2.79. The molecule has 1 N–H and O–H groups in total. The number of aromatic nitrogens is 2. The third-order valence-electron chi connectivity index (χ3n) is 4.68. The van der Waals surface area contributed by atoms with Crippen LogP contribution in [-0.4, -0.2) is 39.3 Å². The van der Waals surface area contributed by atoms with Gasteiger partial charge in [-0.1, -0.05) is 6.42 Å². The Morgan fingerprint density at radius 2 is 2.23 bits per heavy atom. The quantitative estimate of drug-likeness (QED) is 0.923. The first-order valence-electron chi connectivity index (χ1n) is 8.09. The highest BCUT2D eigenvalue weighted by Crippen LogP contribution is 2.26. The van der Waals surface area contributed by atoms with Crippen molar-refractivity contribution in [3.8, 4) is 0 Å². The molecule has 0 radical (unpaired) electrons. The lowest BCUT2D eigenvalue weighted by Crippen LogP contribution is -2.30. The molecule has 2 aromatic rings. The molecule has 0 bridgehead atoms. The van der Waals surface area contributed by atoms with Crippen LogP contribution in [0.3, 0.4) is 0 Å². The van der Waals surface area contributed by atoms with Gasteiger partial charge in [0.2, 0.25) is 0 Å². The minimum Gasteiger partial charge on any atom is -0.393 e. The Balaban J connectivity index is 1.77. The van der Waals surface area contributed by atoms with E-state index in [1.165, 1.54) is 12.1 Å². The van der Waals surface area contributed by atoms with E-state index in [4.69, 9.17) is 0 Å². The minimum absolute atomic E-state index is 0.165. The van der Waals surface area contributed by atoms with Crippen molar-refractivity contribution in [2.24, 2.45) is 5.92 Å². The van der Waals surface area contributed by atoms with Gasteiger partial charge < -0.3 is 9.67 Å². The maximum absolute atomic E-state index is 13.4. The van der Waals surface area contributed by atoms with Crippen LogP contribution in [0.2, 0.25) is 0 Å². The van der Waals surface area contributed by atoms with Crippen LogP contribution in [-0.2, 0) is 13.1 Å². The van der Waals surface area contributed by atoms with Crippen molar-refractivity contribution < 1.29 is 9.50 Å². The van der Waals surface area contributed by atoms with E-state index >= 15 is 0 Å². The second-order valence-electron chi connectivity index (χ2n) is 6.36. The number of fused-ring (bicyclic) bond motifs is 1. The summed E-state index contributed by atoms with van der Waals surface area (Å²) in [5.74, 6) is 1.07. The van der Waals surface area contributed by atoms with Gasteiger partial charge in [-0.15, -0.1) is 0 Å². The summed E-state index contributed by atoms with van der Waals surface area (Å²) < 4.78 is 15.5. The number of hydrogen-bond donors (Lipinski definition) is 1. The third-order valence-corrected chi connectivity index (χ3v) is 4.68. The predicted molar refractivity (Wildman–Crippen MR) is 85.0 cm³/mol. The molecule has 1 aromatic heterocycles. The van der Waals surface area contributed by atoms with Crippen LogP contribution in [0.25, 0.3) is 11.0 Å². The summed E-state index contributed by atoms with van der Waals surface area (Å²) in [4.78, 5) is 6.81. The van der Waals surface area contributed by atoms with Crippen molar-refractivity contribution in [2.75, 3.05) is 13.6 Å². The van der Waals surface area contributed by atoms with Crippen LogP contribution >= 0.6 is 0 Å². The summed E-state index contributed by atoms with van der Waals surface area (Å²) in [7, 11) is 2.06. The molecule has 1 aliphatic rings. The first-order valence-corrected chi connectivity index (χ1v) is 8.09.